The first-order valence-corrected chi connectivity index (χ1v) is 7.71. The number of nitrogens with one attached hydrogen (secondary N) is 1. The van der Waals surface area contributed by atoms with Crippen molar-refractivity contribution in [1.82, 2.24) is 0 Å². The van der Waals surface area contributed by atoms with Gasteiger partial charge in [-0.25, -0.2) is 0 Å². The number of nitro groups is 3. The van der Waals surface area contributed by atoms with Crippen LogP contribution in [0.2, 0.25) is 0 Å². The summed E-state index contributed by atoms with van der Waals surface area (Å²) < 4.78 is 55.1. The molecule has 2 rings (SSSR count). The number of hydrogen-bond donors (Lipinski definition) is 1. The van der Waals surface area contributed by atoms with Crippen molar-refractivity contribution in [3.8, 4) is 5.75 Å². The van der Waals surface area contributed by atoms with Gasteiger partial charge in [0.1, 0.15) is 5.75 Å². The molecule has 0 aliphatic carbocycles. The molecule has 166 valence electrons. The van der Waals surface area contributed by atoms with Gasteiger partial charge in [0.2, 0.25) is 0 Å². The van der Waals surface area contributed by atoms with E-state index in [1.807, 2.05) is 0 Å². The number of amides is 1. The van der Waals surface area contributed by atoms with Crippen molar-refractivity contribution in [1.29, 1.82) is 0 Å². The number of hydrogen-bond acceptors (Lipinski definition) is 8. The van der Waals surface area contributed by atoms with E-state index in [1.165, 1.54) is 0 Å². The number of carbonyl (C=O) groups excluding carboxylic acids is 1. The van der Waals surface area contributed by atoms with Gasteiger partial charge in [0.25, 0.3) is 11.6 Å². The Morgan fingerprint density at radius 1 is 1.00 bits per heavy atom. The standard InChI is InChI=1S/C15H8F4N4O8.Li.H/c16-14(17)15(18,19)31-11-4-2-1-3-8(11)13(24)20-12-9(22(27)28)5-7(21(25)26)6-10(12)23(29)30;;/h1-6,14H,(H,20,24);;/q;+1;-1. The molecule has 0 aromatic heterocycles. The molecule has 2 aromatic rings. The number of halogens is 4. The van der Waals surface area contributed by atoms with Crippen LogP contribution < -0.4 is 28.9 Å². The predicted octanol–water partition coefficient (Wildman–Crippen LogP) is 1.02. The largest absolute Gasteiger partial charge is 1.00 e. The Hall–Kier alpha value is -3.77. The van der Waals surface area contributed by atoms with Crippen LogP contribution in [-0.2, 0) is 0 Å². The van der Waals surface area contributed by atoms with E-state index in [-0.39, 0.29) is 20.3 Å². The van der Waals surface area contributed by atoms with E-state index >= 15 is 0 Å². The maximum absolute atomic E-state index is 13.2. The maximum atomic E-state index is 13.2. The quantitative estimate of drug-likeness (QED) is 0.266. The van der Waals surface area contributed by atoms with Crippen molar-refractivity contribution in [3.05, 3.63) is 72.3 Å². The summed E-state index contributed by atoms with van der Waals surface area (Å²) in [7, 11) is 0. The SMILES string of the molecule is O=C(Nc1c([N+](=O)[O-])cc([N+](=O)[O-])cc1[N+](=O)[O-])c1ccccc1OC(F)(F)C(F)F.[H-].[Li+]. The molecule has 0 atom stereocenters. The van der Waals surface area contributed by atoms with Gasteiger partial charge < -0.3 is 11.5 Å². The molecule has 0 aliphatic rings. The van der Waals surface area contributed by atoms with E-state index in [0.717, 1.165) is 18.2 Å². The van der Waals surface area contributed by atoms with Gasteiger partial charge >= 0.3 is 42.8 Å². The molecular formula is C15H9F4LiN4O8. The number of benzene rings is 2. The Labute approximate surface area is 187 Å². The first-order chi connectivity index (χ1) is 14.3. The van der Waals surface area contributed by atoms with Crippen LogP contribution >= 0.6 is 0 Å². The number of nitrogens with zero attached hydrogens (tertiary/aromatic N) is 3. The third-order valence-corrected chi connectivity index (χ3v) is 3.56. The average molecular weight is 456 g/mol. The number of nitro benzene ring substituents is 3. The molecule has 1 N–H and O–H groups in total. The molecule has 0 fully saturated rings. The fourth-order valence-electron chi connectivity index (χ4n) is 2.23. The third-order valence-electron chi connectivity index (χ3n) is 3.56. The zero-order valence-electron chi connectivity index (χ0n) is 16.7. The second-order valence-corrected chi connectivity index (χ2v) is 5.55. The normalized spacial score (nSPS) is 10.8. The Bertz CT molecular complexity index is 1060. The van der Waals surface area contributed by atoms with Crippen LogP contribution in [0, 0.1) is 30.3 Å². The molecule has 2 aromatic carbocycles. The molecule has 0 saturated carbocycles. The summed E-state index contributed by atoms with van der Waals surface area (Å²) in [6.45, 7) is 0. The van der Waals surface area contributed by atoms with Crippen molar-refractivity contribution < 1.29 is 62.2 Å². The molecule has 12 nitrogen and oxygen atoms in total. The summed E-state index contributed by atoms with van der Waals surface area (Å²) in [5.41, 5.74) is -5.45. The Morgan fingerprint density at radius 2 is 1.50 bits per heavy atom. The average Bonchev–Trinajstić information content (AvgIpc) is 2.67. The zero-order chi connectivity index (χ0) is 23.5. The second kappa shape index (κ2) is 10.0. The summed E-state index contributed by atoms with van der Waals surface area (Å²) in [6, 6.07) is 4.33. The van der Waals surface area contributed by atoms with E-state index in [4.69, 9.17) is 0 Å². The molecule has 0 aliphatic heterocycles. The van der Waals surface area contributed by atoms with Gasteiger partial charge in [-0.1, -0.05) is 12.1 Å². The zero-order valence-corrected chi connectivity index (χ0v) is 15.7. The molecule has 32 heavy (non-hydrogen) atoms. The van der Waals surface area contributed by atoms with Crippen molar-refractivity contribution >= 4 is 28.7 Å². The minimum atomic E-state index is -5.00. The predicted molar refractivity (Wildman–Crippen MR) is 93.5 cm³/mol. The number of non-ortho nitro benzene ring substituents is 1. The Morgan fingerprint density at radius 3 is 1.94 bits per heavy atom. The smallest absolute Gasteiger partial charge is 1.00 e. The van der Waals surface area contributed by atoms with Gasteiger partial charge in [0.05, 0.1) is 32.5 Å². The van der Waals surface area contributed by atoms with Crippen molar-refractivity contribution in [2.75, 3.05) is 5.32 Å². The van der Waals surface area contributed by atoms with Gasteiger partial charge in [-0.3, -0.25) is 35.1 Å². The molecule has 0 saturated heterocycles. The van der Waals surface area contributed by atoms with Crippen LogP contribution in [0.5, 0.6) is 5.75 Å². The fraction of sp³-hybridized carbons (Fsp3) is 0.133. The number of anilines is 1. The molecule has 0 radical (unpaired) electrons. The van der Waals surface area contributed by atoms with Crippen LogP contribution in [0.1, 0.15) is 11.8 Å². The summed E-state index contributed by atoms with van der Waals surface area (Å²) >= 11 is 0. The van der Waals surface area contributed by atoms with Crippen LogP contribution in [0.25, 0.3) is 0 Å². The number of ether oxygens (including phenoxy) is 1. The molecule has 0 spiro atoms. The first kappa shape index (κ1) is 26.3. The topological polar surface area (TPSA) is 168 Å². The van der Waals surface area contributed by atoms with Gasteiger partial charge in [-0.15, -0.1) is 0 Å². The minimum Gasteiger partial charge on any atom is -1.00 e. The monoisotopic (exact) mass is 456 g/mol. The summed E-state index contributed by atoms with van der Waals surface area (Å²) in [5.74, 6) is -2.54. The van der Waals surface area contributed by atoms with E-state index in [9.17, 15) is 52.7 Å². The minimum absolute atomic E-state index is 0. The number of carbonyl (C=O) groups is 1. The molecule has 1 amide bonds. The van der Waals surface area contributed by atoms with Crippen LogP contribution in [0.4, 0.5) is 40.3 Å². The summed E-state index contributed by atoms with van der Waals surface area (Å²) in [6.07, 6.45) is -9.26. The van der Waals surface area contributed by atoms with Crippen LogP contribution in [0.3, 0.4) is 0 Å². The second-order valence-electron chi connectivity index (χ2n) is 5.55. The van der Waals surface area contributed by atoms with E-state index < -0.39 is 67.3 Å². The fourth-order valence-corrected chi connectivity index (χ4v) is 2.23. The van der Waals surface area contributed by atoms with Crippen LogP contribution in [-0.4, -0.2) is 33.2 Å². The first-order valence-electron chi connectivity index (χ1n) is 7.71. The van der Waals surface area contributed by atoms with Crippen molar-refractivity contribution in [2.45, 2.75) is 12.5 Å². The van der Waals surface area contributed by atoms with Gasteiger partial charge in [0, 0.05) is 0 Å². The van der Waals surface area contributed by atoms with Gasteiger partial charge in [0.15, 0.2) is 5.69 Å². The number of alkyl halides is 4. The maximum Gasteiger partial charge on any atom is 1.00 e. The molecule has 17 heteroatoms. The van der Waals surface area contributed by atoms with Crippen LogP contribution in [0.15, 0.2) is 36.4 Å². The Kier molecular flexibility index (Phi) is 8.23. The Balaban J connectivity index is 0.00000512. The molecular weight excluding hydrogens is 447 g/mol. The number of rotatable bonds is 8. The third kappa shape index (κ3) is 5.68. The number of para-hydroxylation sites is 1. The van der Waals surface area contributed by atoms with Crippen molar-refractivity contribution in [3.63, 3.8) is 0 Å². The molecule has 0 bridgehead atoms. The van der Waals surface area contributed by atoms with Gasteiger partial charge in [-0.2, -0.15) is 17.6 Å². The van der Waals surface area contributed by atoms with E-state index in [0.29, 0.717) is 18.2 Å². The van der Waals surface area contributed by atoms with E-state index in [2.05, 4.69) is 4.74 Å². The summed E-state index contributed by atoms with van der Waals surface area (Å²) in [4.78, 5) is 42.1. The molecule has 0 unspecified atom stereocenters. The summed E-state index contributed by atoms with van der Waals surface area (Å²) in [5, 5.41) is 35.0. The van der Waals surface area contributed by atoms with Gasteiger partial charge in [-0.05, 0) is 12.1 Å². The molecule has 0 heterocycles. The van der Waals surface area contributed by atoms with E-state index in [1.54, 1.807) is 5.32 Å². The van der Waals surface area contributed by atoms with Crippen molar-refractivity contribution in [2.24, 2.45) is 0 Å².